The quantitative estimate of drug-likeness (QED) is 0.829. The number of alkyl halides is 1. The Kier molecular flexibility index (Phi) is 3.43. The van der Waals surface area contributed by atoms with Gasteiger partial charge in [0.25, 0.3) is 5.91 Å². The number of benzene rings is 1. The molecule has 1 aliphatic heterocycles. The molecule has 5 nitrogen and oxygen atoms in total. The molecule has 0 spiro atoms. The fourth-order valence-corrected chi connectivity index (χ4v) is 1.82. The average molecular weight is 269 g/mol. The van der Waals surface area contributed by atoms with Gasteiger partial charge in [-0.05, 0) is 25.1 Å². The maximum atomic E-state index is 11.5. The van der Waals surface area contributed by atoms with Crippen molar-refractivity contribution >= 4 is 34.8 Å². The third kappa shape index (κ3) is 2.26. The zero-order valence-corrected chi connectivity index (χ0v) is 10.8. The van der Waals surface area contributed by atoms with Crippen LogP contribution in [0, 0.1) is 0 Å². The van der Waals surface area contributed by atoms with E-state index in [1.807, 2.05) is 0 Å². The van der Waals surface area contributed by atoms with Gasteiger partial charge in [-0.2, -0.15) is 0 Å². The molecule has 1 atom stereocenters. The summed E-state index contributed by atoms with van der Waals surface area (Å²) in [5, 5.41) is 2.73. The standard InChI is InChI=1S/C12H13ClN2O3/c1-7-12(17)14-9-5-8(3-4-10(9)18-7)15(2)11(16)6-13/h3-5,7H,6H2,1-2H3,(H,14,17). The van der Waals surface area contributed by atoms with Crippen molar-refractivity contribution < 1.29 is 14.3 Å². The van der Waals surface area contributed by atoms with Crippen LogP contribution in [0.4, 0.5) is 11.4 Å². The van der Waals surface area contributed by atoms with Crippen LogP contribution in [0.3, 0.4) is 0 Å². The number of rotatable bonds is 2. The molecule has 0 aliphatic carbocycles. The number of hydrogen-bond acceptors (Lipinski definition) is 3. The van der Waals surface area contributed by atoms with Crippen molar-refractivity contribution in [3.05, 3.63) is 18.2 Å². The molecule has 0 radical (unpaired) electrons. The Bertz CT molecular complexity index is 504. The highest BCUT2D eigenvalue weighted by molar-refractivity contribution is 6.29. The van der Waals surface area contributed by atoms with E-state index in [1.54, 1.807) is 32.2 Å². The fourth-order valence-electron chi connectivity index (χ4n) is 1.64. The van der Waals surface area contributed by atoms with Crippen molar-refractivity contribution in [2.24, 2.45) is 0 Å². The van der Waals surface area contributed by atoms with Crippen molar-refractivity contribution in [2.45, 2.75) is 13.0 Å². The Morgan fingerprint density at radius 1 is 1.56 bits per heavy atom. The lowest BCUT2D eigenvalue weighted by Gasteiger charge is -2.25. The van der Waals surface area contributed by atoms with Gasteiger partial charge in [-0.1, -0.05) is 0 Å². The topological polar surface area (TPSA) is 58.6 Å². The lowest BCUT2D eigenvalue weighted by molar-refractivity contribution is -0.122. The molecular weight excluding hydrogens is 256 g/mol. The van der Waals surface area contributed by atoms with Crippen LogP contribution in [0.1, 0.15) is 6.92 Å². The Balaban J connectivity index is 2.30. The van der Waals surface area contributed by atoms with E-state index >= 15 is 0 Å². The van der Waals surface area contributed by atoms with Crippen LogP contribution < -0.4 is 15.0 Å². The summed E-state index contributed by atoms with van der Waals surface area (Å²) in [5.74, 6) is 0.0876. The van der Waals surface area contributed by atoms with Gasteiger partial charge in [0.15, 0.2) is 6.10 Å². The molecular formula is C12H13ClN2O3. The molecule has 1 aliphatic rings. The highest BCUT2D eigenvalue weighted by Crippen LogP contribution is 2.33. The van der Waals surface area contributed by atoms with Gasteiger partial charge < -0.3 is 15.0 Å². The number of nitrogens with one attached hydrogen (secondary N) is 1. The lowest BCUT2D eigenvalue weighted by atomic mass is 10.2. The molecule has 18 heavy (non-hydrogen) atoms. The predicted octanol–water partition coefficient (Wildman–Crippen LogP) is 1.61. The monoisotopic (exact) mass is 268 g/mol. The molecule has 0 aromatic heterocycles. The number of amides is 2. The number of ether oxygens (including phenoxy) is 1. The molecule has 6 heteroatoms. The van der Waals surface area contributed by atoms with E-state index < -0.39 is 6.10 Å². The van der Waals surface area contributed by atoms with E-state index in [2.05, 4.69) is 5.32 Å². The summed E-state index contributed by atoms with van der Waals surface area (Å²) < 4.78 is 5.42. The maximum Gasteiger partial charge on any atom is 0.265 e. The number of fused-ring (bicyclic) bond motifs is 1. The minimum absolute atomic E-state index is 0.0898. The van der Waals surface area contributed by atoms with E-state index in [4.69, 9.17) is 16.3 Å². The second-order valence-electron chi connectivity index (χ2n) is 4.02. The van der Waals surface area contributed by atoms with Gasteiger partial charge >= 0.3 is 0 Å². The van der Waals surface area contributed by atoms with E-state index in [0.29, 0.717) is 17.1 Å². The first-order chi connectivity index (χ1) is 8.52. The Morgan fingerprint density at radius 3 is 2.94 bits per heavy atom. The van der Waals surface area contributed by atoms with Crippen molar-refractivity contribution in [1.82, 2.24) is 0 Å². The number of anilines is 2. The van der Waals surface area contributed by atoms with Gasteiger partial charge in [-0.25, -0.2) is 0 Å². The second-order valence-corrected chi connectivity index (χ2v) is 4.28. The second kappa shape index (κ2) is 4.86. The molecule has 0 fully saturated rings. The molecule has 1 unspecified atom stereocenters. The van der Waals surface area contributed by atoms with Crippen molar-refractivity contribution in [2.75, 3.05) is 23.1 Å². The summed E-state index contributed by atoms with van der Waals surface area (Å²) >= 11 is 5.50. The van der Waals surface area contributed by atoms with E-state index in [0.717, 1.165) is 0 Å². The first-order valence-electron chi connectivity index (χ1n) is 5.47. The third-order valence-electron chi connectivity index (χ3n) is 2.77. The number of halogens is 1. The van der Waals surface area contributed by atoms with Gasteiger partial charge in [-0.3, -0.25) is 9.59 Å². The highest BCUT2D eigenvalue weighted by Gasteiger charge is 2.24. The molecule has 96 valence electrons. The van der Waals surface area contributed by atoms with Gasteiger partial charge in [0.2, 0.25) is 5.91 Å². The van der Waals surface area contributed by atoms with Crippen LogP contribution in [0.25, 0.3) is 0 Å². The average Bonchev–Trinajstić information content (AvgIpc) is 2.37. The Morgan fingerprint density at radius 2 is 2.28 bits per heavy atom. The van der Waals surface area contributed by atoms with Gasteiger partial charge in [0.05, 0.1) is 5.69 Å². The number of nitrogens with zero attached hydrogens (tertiary/aromatic N) is 1. The van der Waals surface area contributed by atoms with Crippen LogP contribution in [-0.2, 0) is 9.59 Å². The molecule has 2 amide bonds. The Hall–Kier alpha value is -1.75. The summed E-state index contributed by atoms with van der Waals surface area (Å²) in [6.45, 7) is 1.68. The summed E-state index contributed by atoms with van der Waals surface area (Å²) in [4.78, 5) is 24.4. The smallest absolute Gasteiger partial charge is 0.265 e. The number of carbonyl (C=O) groups is 2. The summed E-state index contributed by atoms with van der Waals surface area (Å²) in [6.07, 6.45) is -0.509. The summed E-state index contributed by atoms with van der Waals surface area (Å²) in [6, 6.07) is 5.15. The van der Waals surface area contributed by atoms with Crippen LogP contribution in [0.2, 0.25) is 0 Å². The SMILES string of the molecule is CC1Oc2ccc(N(C)C(=O)CCl)cc2NC1=O. The zero-order valence-electron chi connectivity index (χ0n) is 10.1. The normalized spacial score (nSPS) is 17.5. The van der Waals surface area contributed by atoms with E-state index in [-0.39, 0.29) is 17.7 Å². The predicted molar refractivity (Wildman–Crippen MR) is 69.3 cm³/mol. The molecule has 1 heterocycles. The van der Waals surface area contributed by atoms with Crippen LogP contribution in [0.5, 0.6) is 5.75 Å². The molecule has 1 N–H and O–H groups in total. The number of hydrogen-bond donors (Lipinski definition) is 1. The summed E-state index contributed by atoms with van der Waals surface area (Å²) in [7, 11) is 1.63. The molecule has 1 aromatic carbocycles. The highest BCUT2D eigenvalue weighted by atomic mass is 35.5. The lowest BCUT2D eigenvalue weighted by Crippen LogP contribution is -2.34. The van der Waals surface area contributed by atoms with Crippen molar-refractivity contribution in [3.8, 4) is 5.75 Å². The minimum atomic E-state index is -0.509. The molecule has 0 bridgehead atoms. The Labute approximate surface area is 110 Å². The van der Waals surface area contributed by atoms with Gasteiger partial charge in [0.1, 0.15) is 11.6 Å². The first kappa shape index (κ1) is 12.7. The molecule has 0 saturated carbocycles. The van der Waals surface area contributed by atoms with E-state index in [1.165, 1.54) is 4.90 Å². The largest absolute Gasteiger partial charge is 0.479 e. The van der Waals surface area contributed by atoms with Crippen molar-refractivity contribution in [3.63, 3.8) is 0 Å². The molecule has 2 rings (SSSR count). The van der Waals surface area contributed by atoms with Crippen LogP contribution >= 0.6 is 11.6 Å². The maximum absolute atomic E-state index is 11.5. The zero-order chi connectivity index (χ0) is 13.3. The molecule has 1 aromatic rings. The van der Waals surface area contributed by atoms with Crippen molar-refractivity contribution in [1.29, 1.82) is 0 Å². The number of carbonyl (C=O) groups excluding carboxylic acids is 2. The van der Waals surface area contributed by atoms with Crippen LogP contribution in [-0.4, -0.2) is 30.8 Å². The minimum Gasteiger partial charge on any atom is -0.479 e. The third-order valence-corrected chi connectivity index (χ3v) is 3.00. The van der Waals surface area contributed by atoms with Gasteiger partial charge in [-0.15, -0.1) is 11.6 Å². The summed E-state index contributed by atoms with van der Waals surface area (Å²) in [5.41, 5.74) is 1.21. The van der Waals surface area contributed by atoms with E-state index in [9.17, 15) is 9.59 Å². The molecule has 0 saturated heterocycles. The first-order valence-corrected chi connectivity index (χ1v) is 6.00. The van der Waals surface area contributed by atoms with Crippen LogP contribution in [0.15, 0.2) is 18.2 Å². The van der Waals surface area contributed by atoms with Gasteiger partial charge in [0, 0.05) is 12.7 Å². The fraction of sp³-hybridized carbons (Fsp3) is 0.333.